The fraction of sp³-hybridized carbons (Fsp3) is 0.227. The summed E-state index contributed by atoms with van der Waals surface area (Å²) in [6, 6.07) is 9.34. The monoisotopic (exact) mass is 465 g/mol. The average molecular weight is 465 g/mol. The molecule has 3 N–H and O–H groups in total. The SMILES string of the molecule is O=C(O)C[C@H](O)C[C@H](O)/C=C/c1c(C(F)(F)F)nn(-c2ccccn2)c1-c1ccc(F)cc1. The zero-order valence-corrected chi connectivity index (χ0v) is 16.9. The van der Waals surface area contributed by atoms with E-state index in [0.717, 1.165) is 29.0 Å². The number of hydrogen-bond donors (Lipinski definition) is 3. The van der Waals surface area contributed by atoms with E-state index >= 15 is 0 Å². The molecule has 0 amide bonds. The Morgan fingerprint density at radius 3 is 2.39 bits per heavy atom. The second-order valence-electron chi connectivity index (χ2n) is 7.13. The van der Waals surface area contributed by atoms with E-state index in [0.29, 0.717) is 0 Å². The van der Waals surface area contributed by atoms with Gasteiger partial charge in [0.2, 0.25) is 0 Å². The van der Waals surface area contributed by atoms with Crippen LogP contribution in [0.25, 0.3) is 23.2 Å². The highest BCUT2D eigenvalue weighted by Crippen LogP contribution is 2.38. The van der Waals surface area contributed by atoms with Crippen molar-refractivity contribution in [1.82, 2.24) is 14.8 Å². The van der Waals surface area contributed by atoms with Crippen LogP contribution in [0.5, 0.6) is 0 Å². The lowest BCUT2D eigenvalue weighted by atomic mass is 10.0. The Hall–Kier alpha value is -3.57. The van der Waals surface area contributed by atoms with Gasteiger partial charge in [-0.2, -0.15) is 18.3 Å². The molecule has 2 aromatic heterocycles. The quantitative estimate of drug-likeness (QED) is 0.438. The maximum atomic E-state index is 13.9. The fourth-order valence-corrected chi connectivity index (χ4v) is 3.18. The van der Waals surface area contributed by atoms with Gasteiger partial charge in [-0.25, -0.2) is 14.1 Å². The van der Waals surface area contributed by atoms with Gasteiger partial charge in [-0.1, -0.05) is 18.2 Å². The van der Waals surface area contributed by atoms with E-state index < -0.39 is 54.3 Å². The molecule has 0 aliphatic carbocycles. The average Bonchev–Trinajstić information content (AvgIpc) is 3.13. The lowest BCUT2D eigenvalue weighted by Crippen LogP contribution is -2.19. The molecule has 0 saturated heterocycles. The van der Waals surface area contributed by atoms with Crippen LogP contribution in [0.2, 0.25) is 0 Å². The van der Waals surface area contributed by atoms with Crippen LogP contribution >= 0.6 is 0 Å². The van der Waals surface area contributed by atoms with E-state index in [-0.39, 0.29) is 17.1 Å². The first-order valence-corrected chi connectivity index (χ1v) is 9.70. The summed E-state index contributed by atoms with van der Waals surface area (Å²) in [6.07, 6.45) is -5.35. The number of aliphatic hydroxyl groups is 2. The molecule has 33 heavy (non-hydrogen) atoms. The van der Waals surface area contributed by atoms with E-state index in [4.69, 9.17) is 5.11 Å². The molecule has 2 heterocycles. The number of halogens is 4. The summed E-state index contributed by atoms with van der Waals surface area (Å²) in [6.45, 7) is 0. The molecular formula is C22H19F4N3O4. The summed E-state index contributed by atoms with van der Waals surface area (Å²) in [5, 5.41) is 32.2. The number of rotatable bonds is 8. The molecule has 0 spiro atoms. The molecule has 0 radical (unpaired) electrons. The summed E-state index contributed by atoms with van der Waals surface area (Å²) < 4.78 is 56.0. The van der Waals surface area contributed by atoms with Crippen molar-refractivity contribution in [1.29, 1.82) is 0 Å². The third kappa shape index (κ3) is 6.02. The first kappa shape index (κ1) is 24.1. The molecule has 3 aromatic rings. The lowest BCUT2D eigenvalue weighted by molar-refractivity contribution is -0.141. The normalized spacial score (nSPS) is 13.9. The fourth-order valence-electron chi connectivity index (χ4n) is 3.18. The van der Waals surface area contributed by atoms with Crippen molar-refractivity contribution in [2.45, 2.75) is 31.2 Å². The van der Waals surface area contributed by atoms with Crippen LogP contribution in [0.15, 0.2) is 54.7 Å². The van der Waals surface area contributed by atoms with Crippen LogP contribution in [-0.4, -0.2) is 48.3 Å². The minimum Gasteiger partial charge on any atom is -0.481 e. The molecule has 174 valence electrons. The van der Waals surface area contributed by atoms with E-state index in [1.165, 1.54) is 24.4 Å². The van der Waals surface area contributed by atoms with Gasteiger partial charge < -0.3 is 15.3 Å². The van der Waals surface area contributed by atoms with Crippen LogP contribution in [0.4, 0.5) is 17.6 Å². The Kier molecular flexibility index (Phi) is 7.24. The zero-order chi connectivity index (χ0) is 24.2. The minimum atomic E-state index is -4.87. The number of carbonyl (C=O) groups is 1. The number of aliphatic carboxylic acids is 1. The highest BCUT2D eigenvalue weighted by atomic mass is 19.4. The Balaban J connectivity index is 2.13. The highest BCUT2D eigenvalue weighted by molar-refractivity contribution is 5.76. The Morgan fingerprint density at radius 2 is 1.82 bits per heavy atom. The number of alkyl halides is 3. The van der Waals surface area contributed by atoms with Crippen molar-refractivity contribution in [3.05, 3.63) is 71.8 Å². The van der Waals surface area contributed by atoms with E-state index in [2.05, 4.69) is 10.1 Å². The van der Waals surface area contributed by atoms with Crippen molar-refractivity contribution in [3.63, 3.8) is 0 Å². The van der Waals surface area contributed by atoms with E-state index in [1.54, 1.807) is 12.1 Å². The molecular weight excluding hydrogens is 446 g/mol. The van der Waals surface area contributed by atoms with Crippen LogP contribution in [0.1, 0.15) is 24.1 Å². The van der Waals surface area contributed by atoms with Gasteiger partial charge in [0.1, 0.15) is 5.82 Å². The largest absolute Gasteiger partial charge is 0.481 e. The van der Waals surface area contributed by atoms with Crippen molar-refractivity contribution >= 4 is 12.0 Å². The first-order valence-electron chi connectivity index (χ1n) is 9.70. The number of carboxylic acid groups (broad SMARTS) is 1. The van der Waals surface area contributed by atoms with Crippen LogP contribution < -0.4 is 0 Å². The number of aromatic nitrogens is 3. The standard InChI is InChI=1S/C22H19F4N3O4/c23-14-6-4-13(5-7-14)20-17(9-8-15(30)11-16(31)12-19(32)33)21(22(24,25)26)28-29(20)18-3-1-2-10-27-18/h1-10,15-16,30-31H,11-12H2,(H,32,33)/b9-8+/t15-,16-/m1/s1. The number of pyridine rings is 1. The predicted molar refractivity (Wildman–Crippen MR) is 110 cm³/mol. The summed E-state index contributed by atoms with van der Waals surface area (Å²) in [5.41, 5.74) is -1.51. The van der Waals surface area contributed by atoms with Gasteiger partial charge in [0.15, 0.2) is 11.5 Å². The summed E-state index contributed by atoms with van der Waals surface area (Å²) in [5.74, 6) is -1.79. The molecule has 3 rings (SSSR count). The van der Waals surface area contributed by atoms with E-state index in [9.17, 15) is 32.6 Å². The van der Waals surface area contributed by atoms with Gasteiger partial charge in [-0.15, -0.1) is 0 Å². The molecule has 0 unspecified atom stereocenters. The van der Waals surface area contributed by atoms with Crippen LogP contribution in [-0.2, 0) is 11.0 Å². The lowest BCUT2D eigenvalue weighted by Gasteiger charge is -2.11. The Morgan fingerprint density at radius 1 is 1.12 bits per heavy atom. The summed E-state index contributed by atoms with van der Waals surface area (Å²) in [4.78, 5) is 14.7. The van der Waals surface area contributed by atoms with Crippen LogP contribution in [0, 0.1) is 5.82 Å². The number of hydrogen-bond acceptors (Lipinski definition) is 5. The zero-order valence-electron chi connectivity index (χ0n) is 16.9. The van der Waals surface area contributed by atoms with Gasteiger partial charge in [0.25, 0.3) is 0 Å². The van der Waals surface area contributed by atoms with E-state index in [1.807, 2.05) is 0 Å². The van der Waals surface area contributed by atoms with Gasteiger partial charge >= 0.3 is 12.1 Å². The maximum absolute atomic E-state index is 13.9. The minimum absolute atomic E-state index is 0.0458. The summed E-state index contributed by atoms with van der Waals surface area (Å²) >= 11 is 0. The Labute approximate surface area is 185 Å². The van der Waals surface area contributed by atoms with Gasteiger partial charge in [0.05, 0.1) is 24.3 Å². The second-order valence-corrected chi connectivity index (χ2v) is 7.13. The molecule has 0 saturated carbocycles. The molecule has 0 bridgehead atoms. The number of carboxylic acids is 1. The Bertz CT molecular complexity index is 1130. The molecule has 2 atom stereocenters. The van der Waals surface area contributed by atoms with Gasteiger partial charge in [-0.05, 0) is 36.4 Å². The maximum Gasteiger partial charge on any atom is 0.435 e. The smallest absolute Gasteiger partial charge is 0.435 e. The second kappa shape index (κ2) is 9.92. The molecule has 0 fully saturated rings. The van der Waals surface area contributed by atoms with Crippen molar-refractivity contribution in [3.8, 4) is 17.1 Å². The van der Waals surface area contributed by atoms with Crippen molar-refractivity contribution in [2.75, 3.05) is 0 Å². The van der Waals surface area contributed by atoms with Crippen molar-refractivity contribution in [2.24, 2.45) is 0 Å². The summed E-state index contributed by atoms with van der Waals surface area (Å²) in [7, 11) is 0. The third-order valence-corrected chi connectivity index (χ3v) is 4.58. The molecule has 0 aliphatic rings. The van der Waals surface area contributed by atoms with Gasteiger partial charge in [0, 0.05) is 23.7 Å². The molecule has 11 heteroatoms. The molecule has 7 nitrogen and oxygen atoms in total. The highest BCUT2D eigenvalue weighted by Gasteiger charge is 2.39. The number of aliphatic hydroxyl groups excluding tert-OH is 2. The predicted octanol–water partition coefficient (Wildman–Crippen LogP) is 3.69. The molecule has 1 aromatic carbocycles. The van der Waals surface area contributed by atoms with Gasteiger partial charge in [-0.3, -0.25) is 4.79 Å². The number of nitrogens with zero attached hydrogens (tertiary/aromatic N) is 3. The number of benzene rings is 1. The first-order chi connectivity index (χ1) is 15.6. The van der Waals surface area contributed by atoms with Crippen molar-refractivity contribution < 1.29 is 37.7 Å². The third-order valence-electron chi connectivity index (χ3n) is 4.58. The molecule has 0 aliphatic heterocycles. The topological polar surface area (TPSA) is 108 Å². The van der Waals surface area contributed by atoms with Crippen LogP contribution in [0.3, 0.4) is 0 Å².